The highest BCUT2D eigenvalue weighted by atomic mass is 16.2. The maximum atomic E-state index is 15.2. The van der Waals surface area contributed by atoms with E-state index < -0.39 is 5.41 Å². The van der Waals surface area contributed by atoms with E-state index in [1.54, 1.807) is 6.20 Å². The van der Waals surface area contributed by atoms with Crippen molar-refractivity contribution in [3.8, 4) is 11.3 Å². The SMILES string of the molecule is CC(C)n1cnc2cc(-c3ccc4c(c3)N(C3CC(N5CCCCC5)C3)C(=O)C43CCN(C(=O)C[C@H]4CCCN(C(=O)C5CCN(c6ccc(C7CCC(=O)NC7=O)cn6)CC5)C4)CC3)nc(NC3CC3)c21. The summed E-state index contributed by atoms with van der Waals surface area (Å²) in [5.74, 6) is 1.42. The van der Waals surface area contributed by atoms with Gasteiger partial charge in [0.15, 0.2) is 5.82 Å². The molecule has 5 saturated heterocycles. The highest BCUT2D eigenvalue weighted by molar-refractivity contribution is 6.09. The van der Waals surface area contributed by atoms with E-state index >= 15 is 4.79 Å². The summed E-state index contributed by atoms with van der Waals surface area (Å²) in [5, 5.41) is 6.14. The normalized spacial score (nSPS) is 26.1. The second-order valence-electron chi connectivity index (χ2n) is 22.8. The van der Waals surface area contributed by atoms with Gasteiger partial charge in [0.2, 0.25) is 29.5 Å². The van der Waals surface area contributed by atoms with E-state index in [4.69, 9.17) is 9.97 Å². The summed E-state index contributed by atoms with van der Waals surface area (Å²) in [6.45, 7) is 10.5. The molecule has 380 valence electrons. The minimum atomic E-state index is -0.675. The number of rotatable bonds is 11. The number of piperidine rings is 5. The number of fused-ring (bicyclic) bond motifs is 3. The van der Waals surface area contributed by atoms with Crippen LogP contribution in [0.25, 0.3) is 22.3 Å². The van der Waals surface area contributed by atoms with Crippen molar-refractivity contribution in [3.63, 3.8) is 0 Å². The summed E-state index contributed by atoms with van der Waals surface area (Å²) in [6.07, 6.45) is 17.5. The molecule has 2 saturated carbocycles. The van der Waals surface area contributed by atoms with E-state index in [0.29, 0.717) is 63.8 Å². The molecule has 0 radical (unpaired) electrons. The van der Waals surface area contributed by atoms with E-state index in [9.17, 15) is 19.2 Å². The number of nitrogens with one attached hydrogen (secondary N) is 2. The summed E-state index contributed by atoms with van der Waals surface area (Å²) in [5.41, 5.74) is 6.04. The number of nitrogens with zero attached hydrogens (tertiary/aromatic N) is 9. The number of pyridine rings is 2. The van der Waals surface area contributed by atoms with Crippen LogP contribution in [0.2, 0.25) is 0 Å². The number of benzene rings is 1. The van der Waals surface area contributed by atoms with E-state index in [1.165, 1.54) is 19.3 Å². The minimum Gasteiger partial charge on any atom is -0.366 e. The average Bonchev–Trinajstić information content (AvgIpc) is 4.05. The molecule has 72 heavy (non-hydrogen) atoms. The van der Waals surface area contributed by atoms with Gasteiger partial charge in [-0.1, -0.05) is 24.6 Å². The zero-order chi connectivity index (χ0) is 49.3. The first-order valence-corrected chi connectivity index (χ1v) is 27.5. The highest BCUT2D eigenvalue weighted by Crippen LogP contribution is 2.52. The Bertz CT molecular complexity index is 2740. The zero-order valence-corrected chi connectivity index (χ0v) is 42.2. The third-order valence-electron chi connectivity index (χ3n) is 17.9. The Kier molecular flexibility index (Phi) is 12.6. The predicted molar refractivity (Wildman–Crippen MR) is 275 cm³/mol. The van der Waals surface area contributed by atoms with Crippen LogP contribution in [0.3, 0.4) is 0 Å². The molecule has 1 aromatic carbocycles. The minimum absolute atomic E-state index is 0.0638. The molecule has 16 nitrogen and oxygen atoms in total. The Hall–Kier alpha value is -5.90. The Morgan fingerprint density at radius 2 is 1.61 bits per heavy atom. The van der Waals surface area contributed by atoms with Gasteiger partial charge >= 0.3 is 0 Å². The lowest BCUT2D eigenvalue weighted by atomic mass is 9.73. The number of hydrogen-bond donors (Lipinski definition) is 2. The van der Waals surface area contributed by atoms with Crippen LogP contribution >= 0.6 is 0 Å². The first-order valence-electron chi connectivity index (χ1n) is 27.5. The monoisotopic (exact) mass is 978 g/mol. The molecule has 9 heterocycles. The molecular weight excluding hydrogens is 907 g/mol. The second kappa shape index (κ2) is 19.2. The maximum absolute atomic E-state index is 15.2. The van der Waals surface area contributed by atoms with Crippen LogP contribution in [0.5, 0.6) is 0 Å². The third-order valence-corrected chi connectivity index (χ3v) is 17.9. The fourth-order valence-electron chi connectivity index (χ4n) is 13.4. The van der Waals surface area contributed by atoms with E-state index in [0.717, 1.165) is 135 Å². The van der Waals surface area contributed by atoms with Crippen LogP contribution < -0.4 is 20.4 Å². The summed E-state index contributed by atoms with van der Waals surface area (Å²) in [7, 11) is 0. The maximum Gasteiger partial charge on any atom is 0.238 e. The summed E-state index contributed by atoms with van der Waals surface area (Å²) < 4.78 is 2.20. The molecule has 7 fully saturated rings. The largest absolute Gasteiger partial charge is 0.366 e. The Labute approximate surface area is 422 Å². The highest BCUT2D eigenvalue weighted by Gasteiger charge is 2.56. The van der Waals surface area contributed by atoms with Crippen molar-refractivity contribution in [1.29, 1.82) is 0 Å². The third kappa shape index (κ3) is 8.82. The molecule has 16 heteroatoms. The Morgan fingerprint density at radius 3 is 2.33 bits per heavy atom. The van der Waals surface area contributed by atoms with Crippen molar-refractivity contribution in [2.75, 3.05) is 67.5 Å². The van der Waals surface area contributed by atoms with Crippen molar-refractivity contribution in [1.82, 2.24) is 39.5 Å². The molecule has 3 aromatic heterocycles. The number of imidazole rings is 1. The van der Waals surface area contributed by atoms with Gasteiger partial charge in [0.05, 0.1) is 28.9 Å². The fraction of sp³-hybridized carbons (Fsp3) is 0.607. The number of anilines is 3. The summed E-state index contributed by atoms with van der Waals surface area (Å²) in [6, 6.07) is 13.9. The smallest absolute Gasteiger partial charge is 0.238 e. The van der Waals surface area contributed by atoms with Crippen LogP contribution in [0.1, 0.15) is 140 Å². The van der Waals surface area contributed by atoms with Crippen molar-refractivity contribution in [2.24, 2.45) is 11.8 Å². The van der Waals surface area contributed by atoms with Crippen LogP contribution in [-0.2, 0) is 29.4 Å². The van der Waals surface area contributed by atoms with Crippen LogP contribution in [0.15, 0.2) is 48.9 Å². The molecule has 8 aliphatic rings. The number of likely N-dealkylation sites (tertiary alicyclic amines) is 3. The van der Waals surface area contributed by atoms with Gasteiger partial charge in [0.1, 0.15) is 11.3 Å². The van der Waals surface area contributed by atoms with Gasteiger partial charge < -0.3 is 34.4 Å². The lowest BCUT2D eigenvalue weighted by Gasteiger charge is -2.48. The van der Waals surface area contributed by atoms with Crippen molar-refractivity contribution >= 4 is 57.9 Å². The van der Waals surface area contributed by atoms with E-state index in [1.807, 2.05) is 28.3 Å². The molecule has 4 aromatic rings. The first-order chi connectivity index (χ1) is 35.0. The molecule has 2 atom stereocenters. The van der Waals surface area contributed by atoms with Crippen molar-refractivity contribution in [3.05, 3.63) is 60.0 Å². The molecule has 12 rings (SSSR count). The summed E-state index contributed by atoms with van der Waals surface area (Å²) in [4.78, 5) is 93.3. The van der Waals surface area contributed by atoms with Crippen LogP contribution in [-0.4, -0.2) is 134 Å². The van der Waals surface area contributed by atoms with Gasteiger partial charge in [-0.15, -0.1) is 0 Å². The lowest BCUT2D eigenvalue weighted by Crippen LogP contribution is -2.58. The van der Waals surface area contributed by atoms with Crippen molar-refractivity contribution in [2.45, 2.75) is 152 Å². The molecule has 2 aliphatic carbocycles. The van der Waals surface area contributed by atoms with E-state index in [-0.39, 0.29) is 59.4 Å². The number of imide groups is 1. The van der Waals surface area contributed by atoms with Gasteiger partial charge in [0, 0.05) is 99.6 Å². The standard InChI is InChI=1S/C56H71N11O5/c1-35(2)66-34-58-46-31-45(60-52(51(46)66)59-40-10-11-40)38-8-13-44-47(28-38)67(42-29-41(30-42)62-20-4-3-5-21-62)55(72)56(44)18-25-64(26-19-56)50(69)27-36-7-6-22-65(33-36)54(71)37-16-23-63(24-17-37)48-14-9-39(32-57-48)43-12-15-49(68)61-53(43)70/h8-9,13-14,28,31-32,34-37,40-43H,3-7,10-12,15-27,29-30,33H2,1-2H3,(H,59,60)(H,61,68,70)/t36-,41?,42?,43?/m1/s1. The van der Waals surface area contributed by atoms with Gasteiger partial charge in [-0.05, 0) is 146 Å². The average molecular weight is 978 g/mol. The number of carbonyl (C=O) groups excluding carboxylic acids is 5. The van der Waals surface area contributed by atoms with Crippen LogP contribution in [0, 0.1) is 11.8 Å². The number of carbonyl (C=O) groups is 5. The molecule has 2 N–H and O–H groups in total. The number of aromatic nitrogens is 4. The second-order valence-corrected chi connectivity index (χ2v) is 22.8. The predicted octanol–water partition coefficient (Wildman–Crippen LogP) is 6.94. The lowest BCUT2D eigenvalue weighted by molar-refractivity contribution is -0.141. The van der Waals surface area contributed by atoms with Crippen molar-refractivity contribution < 1.29 is 24.0 Å². The zero-order valence-electron chi connectivity index (χ0n) is 42.2. The van der Waals surface area contributed by atoms with Gasteiger partial charge in [-0.25, -0.2) is 15.0 Å². The molecule has 0 bridgehead atoms. The molecule has 1 spiro atoms. The van der Waals surface area contributed by atoms with Gasteiger partial charge in [-0.3, -0.25) is 29.3 Å². The summed E-state index contributed by atoms with van der Waals surface area (Å²) >= 11 is 0. The molecule has 6 aliphatic heterocycles. The Balaban J connectivity index is 0.699. The quantitative estimate of drug-likeness (QED) is 0.150. The van der Waals surface area contributed by atoms with Gasteiger partial charge in [-0.2, -0.15) is 0 Å². The Morgan fingerprint density at radius 1 is 0.819 bits per heavy atom. The first kappa shape index (κ1) is 47.1. The molecular formula is C56H71N11O5. The van der Waals surface area contributed by atoms with E-state index in [2.05, 4.69) is 73.0 Å². The molecule has 5 amide bonds. The topological polar surface area (TPSA) is 169 Å². The van der Waals surface area contributed by atoms with Crippen LogP contribution in [0.4, 0.5) is 17.3 Å². The number of hydrogen-bond acceptors (Lipinski definition) is 11. The molecule has 1 unspecified atom stereocenters. The fourth-order valence-corrected chi connectivity index (χ4v) is 13.4. The number of amides is 5. The van der Waals surface area contributed by atoms with Gasteiger partial charge in [0.25, 0.3) is 0 Å².